The zero-order chi connectivity index (χ0) is 13.8. The molecule has 0 spiro atoms. The van der Waals surface area contributed by atoms with Crippen molar-refractivity contribution in [2.45, 2.75) is 19.4 Å². The number of amides is 1. The Bertz CT molecular complexity index is 500. The van der Waals surface area contributed by atoms with Crippen LogP contribution in [-0.4, -0.2) is 31.1 Å². The molecule has 6 heteroatoms. The Balaban J connectivity index is 2.13. The van der Waals surface area contributed by atoms with Gasteiger partial charge in [0.25, 0.3) is 5.91 Å². The molecule has 102 valence electrons. The standard InChI is InChI=1S/C13H15NO5/c1-2-9(13(16)17)14-12(15)8-3-4-10-11(7-8)19-6-5-18-10/h3-4,7,9H,2,5-6H2,1H3,(H,14,15)(H,16,17)/p-1/t9-/m1/s1. The zero-order valence-electron chi connectivity index (χ0n) is 10.5. The van der Waals surface area contributed by atoms with Gasteiger partial charge in [0.2, 0.25) is 0 Å². The fourth-order valence-corrected chi connectivity index (χ4v) is 1.75. The maximum Gasteiger partial charge on any atom is 0.251 e. The second-order valence-corrected chi connectivity index (χ2v) is 4.11. The molecule has 1 aromatic carbocycles. The number of carboxylic acid groups (broad SMARTS) is 1. The molecule has 1 atom stereocenters. The van der Waals surface area contributed by atoms with Crippen molar-refractivity contribution in [2.24, 2.45) is 0 Å². The van der Waals surface area contributed by atoms with E-state index >= 15 is 0 Å². The molecule has 0 aromatic heterocycles. The van der Waals surface area contributed by atoms with E-state index in [2.05, 4.69) is 5.32 Å². The zero-order valence-corrected chi connectivity index (χ0v) is 10.5. The number of aliphatic carboxylic acids is 1. The average Bonchev–Trinajstić information content (AvgIpc) is 2.43. The molecule has 1 aliphatic rings. The van der Waals surface area contributed by atoms with Crippen LogP contribution in [0.15, 0.2) is 18.2 Å². The van der Waals surface area contributed by atoms with E-state index in [4.69, 9.17) is 9.47 Å². The summed E-state index contributed by atoms with van der Waals surface area (Å²) in [5.74, 6) is -0.712. The van der Waals surface area contributed by atoms with Crippen LogP contribution in [0.25, 0.3) is 0 Å². The van der Waals surface area contributed by atoms with Crippen molar-refractivity contribution in [3.63, 3.8) is 0 Å². The van der Waals surface area contributed by atoms with E-state index in [0.29, 0.717) is 30.3 Å². The second kappa shape index (κ2) is 5.60. The molecule has 0 unspecified atom stereocenters. The number of ether oxygens (including phenoxy) is 2. The molecule has 0 saturated carbocycles. The number of rotatable bonds is 4. The van der Waals surface area contributed by atoms with Crippen molar-refractivity contribution in [1.82, 2.24) is 5.32 Å². The highest BCUT2D eigenvalue weighted by Gasteiger charge is 2.17. The normalized spacial score (nSPS) is 14.6. The van der Waals surface area contributed by atoms with E-state index in [-0.39, 0.29) is 6.42 Å². The lowest BCUT2D eigenvalue weighted by atomic mass is 10.1. The number of carbonyl (C=O) groups excluding carboxylic acids is 2. The molecule has 1 N–H and O–H groups in total. The van der Waals surface area contributed by atoms with Gasteiger partial charge in [-0.15, -0.1) is 0 Å². The lowest BCUT2D eigenvalue weighted by Gasteiger charge is -2.20. The highest BCUT2D eigenvalue weighted by molar-refractivity contribution is 5.97. The van der Waals surface area contributed by atoms with Gasteiger partial charge in [-0.2, -0.15) is 0 Å². The van der Waals surface area contributed by atoms with E-state index in [1.165, 1.54) is 6.07 Å². The second-order valence-electron chi connectivity index (χ2n) is 4.11. The van der Waals surface area contributed by atoms with Gasteiger partial charge in [0.05, 0.1) is 12.0 Å². The Kier molecular flexibility index (Phi) is 3.89. The van der Waals surface area contributed by atoms with Crippen LogP contribution in [0.3, 0.4) is 0 Å². The van der Waals surface area contributed by atoms with Crippen molar-refractivity contribution in [3.05, 3.63) is 23.8 Å². The van der Waals surface area contributed by atoms with Crippen molar-refractivity contribution in [2.75, 3.05) is 13.2 Å². The minimum absolute atomic E-state index is 0.263. The van der Waals surface area contributed by atoms with Crippen molar-refractivity contribution in [3.8, 4) is 11.5 Å². The van der Waals surface area contributed by atoms with Crippen LogP contribution >= 0.6 is 0 Å². The first kappa shape index (κ1) is 13.2. The van der Waals surface area contributed by atoms with Crippen LogP contribution in [0, 0.1) is 0 Å². The number of carboxylic acids is 1. The number of carbonyl (C=O) groups is 2. The van der Waals surface area contributed by atoms with Gasteiger partial charge in [0, 0.05) is 5.56 Å². The average molecular weight is 264 g/mol. The number of nitrogens with one attached hydrogen (secondary N) is 1. The van der Waals surface area contributed by atoms with Gasteiger partial charge in [-0.25, -0.2) is 0 Å². The SMILES string of the molecule is CC[C@@H](NC(=O)c1ccc2c(c1)OCCO2)C(=O)[O-]. The van der Waals surface area contributed by atoms with Crippen LogP contribution < -0.4 is 19.9 Å². The van der Waals surface area contributed by atoms with Gasteiger partial charge in [0.1, 0.15) is 13.2 Å². The van der Waals surface area contributed by atoms with Crippen LogP contribution in [0.4, 0.5) is 0 Å². The molecule has 2 rings (SSSR count). The molecule has 0 saturated heterocycles. The van der Waals surface area contributed by atoms with Crippen LogP contribution in [0.5, 0.6) is 11.5 Å². The van der Waals surface area contributed by atoms with Crippen molar-refractivity contribution < 1.29 is 24.2 Å². The first-order chi connectivity index (χ1) is 9.11. The summed E-state index contributed by atoms with van der Waals surface area (Å²) >= 11 is 0. The quantitative estimate of drug-likeness (QED) is 0.807. The van der Waals surface area contributed by atoms with Gasteiger partial charge < -0.3 is 24.7 Å². The third-order valence-corrected chi connectivity index (χ3v) is 2.80. The molecule has 0 fully saturated rings. The molecule has 0 aliphatic carbocycles. The summed E-state index contributed by atoms with van der Waals surface area (Å²) in [6, 6.07) is 3.72. The van der Waals surface area contributed by atoms with Gasteiger partial charge in [-0.05, 0) is 24.6 Å². The molecule has 0 bridgehead atoms. The fourth-order valence-electron chi connectivity index (χ4n) is 1.75. The number of fused-ring (bicyclic) bond motifs is 1. The Morgan fingerprint density at radius 2 is 2.00 bits per heavy atom. The molecular formula is C13H14NO5-. The first-order valence-corrected chi connectivity index (χ1v) is 6.03. The van der Waals surface area contributed by atoms with Crippen LogP contribution in [-0.2, 0) is 4.79 Å². The summed E-state index contributed by atoms with van der Waals surface area (Å²) in [5.41, 5.74) is 0.323. The maximum atomic E-state index is 11.9. The predicted molar refractivity (Wildman–Crippen MR) is 64.0 cm³/mol. The predicted octanol–water partition coefficient (Wildman–Crippen LogP) is -0.284. The summed E-state index contributed by atoms with van der Waals surface area (Å²) in [5, 5.41) is 13.2. The summed E-state index contributed by atoms with van der Waals surface area (Å²) in [6.45, 7) is 2.56. The largest absolute Gasteiger partial charge is 0.548 e. The van der Waals surface area contributed by atoms with Crippen molar-refractivity contribution in [1.29, 1.82) is 0 Å². The first-order valence-electron chi connectivity index (χ1n) is 6.03. The highest BCUT2D eigenvalue weighted by atomic mass is 16.6. The molecule has 1 amide bonds. The van der Waals surface area contributed by atoms with E-state index in [1.807, 2.05) is 0 Å². The van der Waals surface area contributed by atoms with Crippen LogP contribution in [0.2, 0.25) is 0 Å². The smallest absolute Gasteiger partial charge is 0.251 e. The number of hydrogen-bond acceptors (Lipinski definition) is 5. The Morgan fingerprint density at radius 1 is 1.32 bits per heavy atom. The topological polar surface area (TPSA) is 87.7 Å². The summed E-state index contributed by atoms with van der Waals surface area (Å²) in [6.07, 6.45) is 0.263. The van der Waals surface area contributed by atoms with Gasteiger partial charge in [-0.3, -0.25) is 4.79 Å². The van der Waals surface area contributed by atoms with E-state index in [9.17, 15) is 14.7 Å². The Hall–Kier alpha value is -2.24. The number of benzene rings is 1. The Morgan fingerprint density at radius 3 is 2.63 bits per heavy atom. The molecule has 19 heavy (non-hydrogen) atoms. The van der Waals surface area contributed by atoms with E-state index < -0.39 is 17.9 Å². The molecular weight excluding hydrogens is 250 g/mol. The Labute approximate surface area is 110 Å². The van der Waals surface area contributed by atoms with Gasteiger partial charge in [-0.1, -0.05) is 6.92 Å². The third-order valence-electron chi connectivity index (χ3n) is 2.80. The summed E-state index contributed by atoms with van der Waals surface area (Å²) < 4.78 is 10.7. The summed E-state index contributed by atoms with van der Waals surface area (Å²) in [7, 11) is 0. The van der Waals surface area contributed by atoms with Gasteiger partial charge in [0.15, 0.2) is 11.5 Å². The molecule has 1 aromatic rings. The molecule has 0 radical (unpaired) electrons. The molecule has 1 aliphatic heterocycles. The van der Waals surface area contributed by atoms with Crippen LogP contribution in [0.1, 0.15) is 23.7 Å². The molecule has 6 nitrogen and oxygen atoms in total. The minimum Gasteiger partial charge on any atom is -0.548 e. The maximum absolute atomic E-state index is 11.9. The minimum atomic E-state index is -1.30. The van der Waals surface area contributed by atoms with E-state index in [0.717, 1.165) is 0 Å². The monoisotopic (exact) mass is 264 g/mol. The lowest BCUT2D eigenvalue weighted by Crippen LogP contribution is -2.47. The van der Waals surface area contributed by atoms with E-state index in [1.54, 1.807) is 19.1 Å². The van der Waals surface area contributed by atoms with Gasteiger partial charge >= 0.3 is 0 Å². The third kappa shape index (κ3) is 2.96. The lowest BCUT2D eigenvalue weighted by molar-refractivity contribution is -0.308. The van der Waals surface area contributed by atoms with Crippen molar-refractivity contribution >= 4 is 11.9 Å². The fraction of sp³-hybridized carbons (Fsp3) is 0.385. The molecule has 1 heterocycles. The number of hydrogen-bond donors (Lipinski definition) is 1. The highest BCUT2D eigenvalue weighted by Crippen LogP contribution is 2.30. The summed E-state index contributed by atoms with van der Waals surface area (Å²) in [4.78, 5) is 22.7.